The van der Waals surface area contributed by atoms with Crippen molar-refractivity contribution >= 4 is 11.6 Å². The van der Waals surface area contributed by atoms with E-state index < -0.39 is 0 Å². The number of halogens is 3. The molecule has 0 saturated heterocycles. The van der Waals surface area contributed by atoms with Crippen LogP contribution in [-0.2, 0) is 6.42 Å². The first-order chi connectivity index (χ1) is 9.60. The third-order valence-corrected chi connectivity index (χ3v) is 3.46. The highest BCUT2D eigenvalue weighted by molar-refractivity contribution is 6.31. The number of rotatable bonds is 5. The summed E-state index contributed by atoms with van der Waals surface area (Å²) in [5.74, 6) is -0.602. The molecule has 20 heavy (non-hydrogen) atoms. The van der Waals surface area contributed by atoms with Crippen molar-refractivity contribution in [3.63, 3.8) is 0 Å². The predicted molar refractivity (Wildman–Crippen MR) is 77.9 cm³/mol. The van der Waals surface area contributed by atoms with Crippen molar-refractivity contribution in [1.82, 2.24) is 5.32 Å². The van der Waals surface area contributed by atoms with Gasteiger partial charge in [-0.25, -0.2) is 8.78 Å². The van der Waals surface area contributed by atoms with E-state index in [1.54, 1.807) is 12.1 Å². The minimum Gasteiger partial charge on any atom is -0.310 e. The molecule has 0 bridgehead atoms. The normalized spacial score (nSPS) is 12.4. The first-order valence-electron chi connectivity index (χ1n) is 6.53. The van der Waals surface area contributed by atoms with E-state index in [0.29, 0.717) is 23.6 Å². The molecule has 0 heterocycles. The molecule has 4 heteroatoms. The van der Waals surface area contributed by atoms with Gasteiger partial charge in [0.1, 0.15) is 11.6 Å². The van der Waals surface area contributed by atoms with Crippen LogP contribution in [-0.4, -0.2) is 6.54 Å². The molecule has 0 amide bonds. The Balaban J connectivity index is 2.29. The Morgan fingerprint density at radius 3 is 2.55 bits per heavy atom. The summed E-state index contributed by atoms with van der Waals surface area (Å²) in [6.07, 6.45) is 0.550. The topological polar surface area (TPSA) is 12.0 Å². The fourth-order valence-electron chi connectivity index (χ4n) is 2.22. The molecule has 0 fully saturated rings. The van der Waals surface area contributed by atoms with Crippen LogP contribution in [0.1, 0.15) is 24.1 Å². The molecule has 1 unspecified atom stereocenters. The molecule has 0 saturated carbocycles. The van der Waals surface area contributed by atoms with Gasteiger partial charge in [0.2, 0.25) is 0 Å². The van der Waals surface area contributed by atoms with Gasteiger partial charge in [0.25, 0.3) is 0 Å². The van der Waals surface area contributed by atoms with E-state index in [2.05, 4.69) is 5.32 Å². The minimum atomic E-state index is -0.327. The minimum absolute atomic E-state index is 0.148. The lowest BCUT2D eigenvalue weighted by Gasteiger charge is -2.20. The van der Waals surface area contributed by atoms with Gasteiger partial charge in [-0.15, -0.1) is 0 Å². The number of likely N-dealkylation sites (N-methyl/N-ethyl adjacent to an activating group) is 1. The van der Waals surface area contributed by atoms with E-state index in [4.69, 9.17) is 11.6 Å². The van der Waals surface area contributed by atoms with Gasteiger partial charge in [0, 0.05) is 11.1 Å². The molecule has 2 aromatic carbocycles. The van der Waals surface area contributed by atoms with E-state index >= 15 is 0 Å². The third kappa shape index (κ3) is 3.78. The molecule has 1 atom stereocenters. The van der Waals surface area contributed by atoms with Gasteiger partial charge in [-0.3, -0.25) is 0 Å². The van der Waals surface area contributed by atoms with Crippen LogP contribution in [0.15, 0.2) is 42.5 Å². The number of nitrogens with one attached hydrogen (secondary N) is 1. The van der Waals surface area contributed by atoms with Gasteiger partial charge in [0.05, 0.1) is 0 Å². The second kappa shape index (κ2) is 6.82. The second-order valence-corrected chi connectivity index (χ2v) is 5.02. The molecule has 2 rings (SSSR count). The van der Waals surface area contributed by atoms with Crippen LogP contribution >= 0.6 is 11.6 Å². The van der Waals surface area contributed by atoms with Crippen molar-refractivity contribution in [3.8, 4) is 0 Å². The second-order valence-electron chi connectivity index (χ2n) is 4.61. The maximum Gasteiger partial charge on any atom is 0.123 e. The SMILES string of the molecule is CCNC(Cc1cccc(F)c1)c1cc(F)ccc1Cl. The van der Waals surface area contributed by atoms with Crippen molar-refractivity contribution in [1.29, 1.82) is 0 Å². The van der Waals surface area contributed by atoms with Crippen LogP contribution in [0.5, 0.6) is 0 Å². The molecule has 0 aliphatic carbocycles. The number of hydrogen-bond donors (Lipinski definition) is 1. The molecule has 1 N–H and O–H groups in total. The monoisotopic (exact) mass is 295 g/mol. The first kappa shape index (κ1) is 14.9. The largest absolute Gasteiger partial charge is 0.310 e. The van der Waals surface area contributed by atoms with Crippen LogP contribution in [0, 0.1) is 11.6 Å². The van der Waals surface area contributed by atoms with Gasteiger partial charge in [0.15, 0.2) is 0 Å². The molecule has 0 aromatic heterocycles. The zero-order valence-corrected chi connectivity index (χ0v) is 11.9. The summed E-state index contributed by atoms with van der Waals surface area (Å²) in [4.78, 5) is 0. The highest BCUT2D eigenvalue weighted by atomic mass is 35.5. The Labute approximate surface area is 122 Å². The van der Waals surface area contributed by atoms with Crippen molar-refractivity contribution in [2.24, 2.45) is 0 Å². The molecular weight excluding hydrogens is 280 g/mol. The molecule has 0 aliphatic rings. The van der Waals surface area contributed by atoms with Gasteiger partial charge in [-0.1, -0.05) is 30.7 Å². The number of benzene rings is 2. The summed E-state index contributed by atoms with van der Waals surface area (Å²) in [6.45, 7) is 2.68. The summed E-state index contributed by atoms with van der Waals surface area (Å²) >= 11 is 6.14. The van der Waals surface area contributed by atoms with Gasteiger partial charge >= 0.3 is 0 Å². The Kier molecular flexibility index (Phi) is 5.10. The van der Waals surface area contributed by atoms with Crippen molar-refractivity contribution < 1.29 is 8.78 Å². The van der Waals surface area contributed by atoms with Crippen LogP contribution in [0.25, 0.3) is 0 Å². The fourth-order valence-corrected chi connectivity index (χ4v) is 2.47. The summed E-state index contributed by atoms with van der Waals surface area (Å²) in [6, 6.07) is 10.6. The van der Waals surface area contributed by atoms with E-state index in [9.17, 15) is 8.78 Å². The van der Waals surface area contributed by atoms with Gasteiger partial charge in [-0.2, -0.15) is 0 Å². The van der Waals surface area contributed by atoms with E-state index in [-0.39, 0.29) is 17.7 Å². The Bertz CT molecular complexity index is 586. The number of hydrogen-bond acceptors (Lipinski definition) is 1. The van der Waals surface area contributed by atoms with Crippen LogP contribution in [0.2, 0.25) is 5.02 Å². The average molecular weight is 296 g/mol. The molecular formula is C16H16ClF2N. The smallest absolute Gasteiger partial charge is 0.123 e. The highest BCUT2D eigenvalue weighted by Gasteiger charge is 2.15. The lowest BCUT2D eigenvalue weighted by molar-refractivity contribution is 0.540. The third-order valence-electron chi connectivity index (χ3n) is 3.11. The standard InChI is InChI=1S/C16H16ClF2N/c1-2-20-16(9-11-4-3-5-12(18)8-11)14-10-13(19)6-7-15(14)17/h3-8,10,16,20H,2,9H2,1H3. The van der Waals surface area contributed by atoms with E-state index in [1.165, 1.54) is 24.3 Å². The first-order valence-corrected chi connectivity index (χ1v) is 6.90. The Morgan fingerprint density at radius 2 is 1.85 bits per heavy atom. The zero-order chi connectivity index (χ0) is 14.5. The molecule has 2 aromatic rings. The molecule has 106 valence electrons. The summed E-state index contributed by atoms with van der Waals surface area (Å²) < 4.78 is 26.6. The predicted octanol–water partition coefficient (Wildman–Crippen LogP) is 4.51. The van der Waals surface area contributed by atoms with Crippen molar-refractivity contribution in [2.45, 2.75) is 19.4 Å². The van der Waals surface area contributed by atoms with E-state index in [1.807, 2.05) is 13.0 Å². The summed E-state index contributed by atoms with van der Waals surface area (Å²) in [5, 5.41) is 3.77. The van der Waals surface area contributed by atoms with Crippen molar-refractivity contribution in [3.05, 3.63) is 70.2 Å². The molecule has 1 nitrogen and oxygen atoms in total. The highest BCUT2D eigenvalue weighted by Crippen LogP contribution is 2.26. The Morgan fingerprint density at radius 1 is 1.10 bits per heavy atom. The average Bonchev–Trinajstić information content (AvgIpc) is 2.41. The lowest BCUT2D eigenvalue weighted by Crippen LogP contribution is -2.23. The van der Waals surface area contributed by atoms with Gasteiger partial charge in [-0.05, 0) is 54.4 Å². The maximum atomic E-state index is 13.4. The molecule has 0 aliphatic heterocycles. The maximum absolute atomic E-state index is 13.4. The van der Waals surface area contributed by atoms with Gasteiger partial charge < -0.3 is 5.32 Å². The molecule has 0 radical (unpaired) electrons. The van der Waals surface area contributed by atoms with E-state index in [0.717, 1.165) is 5.56 Å². The Hall–Kier alpha value is -1.45. The van der Waals surface area contributed by atoms with Crippen LogP contribution in [0.3, 0.4) is 0 Å². The fraction of sp³-hybridized carbons (Fsp3) is 0.250. The zero-order valence-electron chi connectivity index (χ0n) is 11.2. The molecule has 0 spiro atoms. The van der Waals surface area contributed by atoms with Crippen molar-refractivity contribution in [2.75, 3.05) is 6.54 Å². The quantitative estimate of drug-likeness (QED) is 0.855. The van der Waals surface area contributed by atoms with Crippen LogP contribution < -0.4 is 5.32 Å². The summed E-state index contributed by atoms with van der Waals surface area (Å²) in [7, 11) is 0. The summed E-state index contributed by atoms with van der Waals surface area (Å²) in [5.41, 5.74) is 1.54. The van der Waals surface area contributed by atoms with Crippen LogP contribution in [0.4, 0.5) is 8.78 Å². The lowest BCUT2D eigenvalue weighted by atomic mass is 9.98.